The van der Waals surface area contributed by atoms with Gasteiger partial charge >= 0.3 is 5.97 Å². The van der Waals surface area contributed by atoms with Crippen molar-refractivity contribution >= 4 is 11.9 Å². The van der Waals surface area contributed by atoms with Crippen molar-refractivity contribution in [2.75, 3.05) is 13.7 Å². The molecule has 0 saturated heterocycles. The molecule has 5 nitrogen and oxygen atoms in total. The lowest BCUT2D eigenvalue weighted by atomic mass is 10.2. The second kappa shape index (κ2) is 7.35. The molecule has 0 bridgehead atoms. The van der Waals surface area contributed by atoms with Crippen molar-refractivity contribution in [2.24, 2.45) is 0 Å². The Morgan fingerprint density at radius 1 is 1.32 bits per heavy atom. The first-order valence-corrected chi connectivity index (χ1v) is 5.82. The highest BCUT2D eigenvalue weighted by molar-refractivity contribution is 5.85. The highest BCUT2D eigenvalue weighted by atomic mass is 19.1. The van der Waals surface area contributed by atoms with Gasteiger partial charge in [-0.15, -0.1) is 0 Å². The van der Waals surface area contributed by atoms with E-state index in [1.807, 2.05) is 0 Å². The fraction of sp³-hybridized carbons (Fsp3) is 0.385. The lowest BCUT2D eigenvalue weighted by Crippen LogP contribution is -2.43. The Hall–Kier alpha value is -2.11. The smallest absolute Gasteiger partial charge is 0.328 e. The van der Waals surface area contributed by atoms with Crippen LogP contribution in [0.5, 0.6) is 5.75 Å². The lowest BCUT2D eigenvalue weighted by molar-refractivity contribution is -0.145. The first-order chi connectivity index (χ1) is 9.06. The number of benzene rings is 1. The number of hydrogen-bond donors (Lipinski definition) is 1. The third kappa shape index (κ3) is 4.95. The molecule has 1 aromatic rings. The van der Waals surface area contributed by atoms with Crippen LogP contribution in [0.3, 0.4) is 0 Å². The van der Waals surface area contributed by atoms with Crippen LogP contribution in [0.4, 0.5) is 4.39 Å². The van der Waals surface area contributed by atoms with E-state index in [0.717, 1.165) is 0 Å². The molecule has 1 unspecified atom stereocenters. The van der Waals surface area contributed by atoms with Crippen LogP contribution in [-0.4, -0.2) is 31.6 Å². The van der Waals surface area contributed by atoms with E-state index in [2.05, 4.69) is 10.1 Å². The number of ether oxygens (including phenoxy) is 2. The summed E-state index contributed by atoms with van der Waals surface area (Å²) in [6.07, 6.45) is 0.426. The highest BCUT2D eigenvalue weighted by Crippen LogP contribution is 2.10. The van der Waals surface area contributed by atoms with Gasteiger partial charge in [0.25, 0.3) is 5.91 Å². The standard InChI is InChI=1S/C13H16FNO4/c1-3-11(13(17)18-2)15-12(16)8-19-10-6-4-9(14)5-7-10/h4-7,11H,3,8H2,1-2H3,(H,15,16). The predicted octanol–water partition coefficient (Wildman–Crippen LogP) is 1.27. The Morgan fingerprint density at radius 2 is 1.95 bits per heavy atom. The van der Waals surface area contributed by atoms with Gasteiger partial charge in [0, 0.05) is 0 Å². The van der Waals surface area contributed by atoms with Crippen LogP contribution in [0, 0.1) is 5.82 Å². The zero-order valence-electron chi connectivity index (χ0n) is 10.8. The van der Waals surface area contributed by atoms with E-state index in [1.165, 1.54) is 31.4 Å². The van der Waals surface area contributed by atoms with E-state index < -0.39 is 17.9 Å². The number of carbonyl (C=O) groups excluding carboxylic acids is 2. The number of hydrogen-bond acceptors (Lipinski definition) is 4. The van der Waals surface area contributed by atoms with E-state index in [1.54, 1.807) is 6.92 Å². The third-order valence-electron chi connectivity index (χ3n) is 2.41. The molecule has 0 aliphatic heterocycles. The summed E-state index contributed by atoms with van der Waals surface area (Å²) in [7, 11) is 1.26. The summed E-state index contributed by atoms with van der Waals surface area (Å²) in [4.78, 5) is 22.8. The zero-order chi connectivity index (χ0) is 14.3. The largest absolute Gasteiger partial charge is 0.484 e. The Balaban J connectivity index is 2.42. The molecule has 19 heavy (non-hydrogen) atoms. The molecule has 0 saturated carbocycles. The first kappa shape index (κ1) is 14.9. The summed E-state index contributed by atoms with van der Waals surface area (Å²) < 4.78 is 22.3. The second-order valence-electron chi connectivity index (χ2n) is 3.79. The van der Waals surface area contributed by atoms with Gasteiger partial charge in [-0.05, 0) is 30.7 Å². The number of methoxy groups -OCH3 is 1. The van der Waals surface area contributed by atoms with Crippen LogP contribution in [0.2, 0.25) is 0 Å². The van der Waals surface area contributed by atoms with Gasteiger partial charge in [-0.25, -0.2) is 9.18 Å². The number of nitrogens with one attached hydrogen (secondary N) is 1. The molecule has 0 aliphatic rings. The molecule has 1 amide bonds. The quantitative estimate of drug-likeness (QED) is 0.790. The Bertz CT molecular complexity index is 433. The van der Waals surface area contributed by atoms with Crippen molar-refractivity contribution in [3.63, 3.8) is 0 Å². The minimum atomic E-state index is -0.686. The van der Waals surface area contributed by atoms with E-state index in [-0.39, 0.29) is 12.4 Å². The van der Waals surface area contributed by atoms with E-state index in [0.29, 0.717) is 12.2 Å². The molecular formula is C13H16FNO4. The number of halogens is 1. The molecule has 1 atom stereocenters. The minimum absolute atomic E-state index is 0.251. The first-order valence-electron chi connectivity index (χ1n) is 5.82. The summed E-state index contributed by atoms with van der Waals surface area (Å²) in [6.45, 7) is 1.50. The normalized spacial score (nSPS) is 11.5. The third-order valence-corrected chi connectivity index (χ3v) is 2.41. The van der Waals surface area contributed by atoms with Gasteiger partial charge in [0.05, 0.1) is 7.11 Å². The van der Waals surface area contributed by atoms with Gasteiger partial charge in [0.1, 0.15) is 17.6 Å². The Kier molecular flexibility index (Phi) is 5.78. The molecule has 0 spiro atoms. The summed E-state index contributed by atoms with van der Waals surface area (Å²) in [5, 5.41) is 2.49. The van der Waals surface area contributed by atoms with Crippen molar-refractivity contribution in [1.82, 2.24) is 5.32 Å². The van der Waals surface area contributed by atoms with Crippen molar-refractivity contribution in [3.8, 4) is 5.75 Å². The molecule has 0 aliphatic carbocycles. The topological polar surface area (TPSA) is 64.6 Å². The molecule has 0 radical (unpaired) electrons. The predicted molar refractivity (Wildman–Crippen MR) is 66.1 cm³/mol. The zero-order valence-corrected chi connectivity index (χ0v) is 10.8. The van der Waals surface area contributed by atoms with Crippen molar-refractivity contribution < 1.29 is 23.5 Å². The molecule has 0 fully saturated rings. The average molecular weight is 269 g/mol. The van der Waals surface area contributed by atoms with Gasteiger partial charge < -0.3 is 14.8 Å². The molecule has 1 aromatic carbocycles. The summed E-state index contributed by atoms with van der Waals surface area (Å²) in [5.74, 6) is -0.949. The van der Waals surface area contributed by atoms with Gasteiger partial charge in [-0.1, -0.05) is 6.92 Å². The van der Waals surface area contributed by atoms with Crippen molar-refractivity contribution in [1.29, 1.82) is 0 Å². The van der Waals surface area contributed by atoms with Crippen LogP contribution in [0.15, 0.2) is 24.3 Å². The van der Waals surface area contributed by atoms with Gasteiger partial charge in [0.2, 0.25) is 0 Å². The van der Waals surface area contributed by atoms with E-state index >= 15 is 0 Å². The molecule has 6 heteroatoms. The van der Waals surface area contributed by atoms with Gasteiger partial charge in [0.15, 0.2) is 6.61 Å². The van der Waals surface area contributed by atoms with Crippen LogP contribution >= 0.6 is 0 Å². The maximum Gasteiger partial charge on any atom is 0.328 e. The second-order valence-corrected chi connectivity index (χ2v) is 3.79. The molecule has 104 valence electrons. The number of amides is 1. The number of carbonyl (C=O) groups is 2. The fourth-order valence-corrected chi connectivity index (χ4v) is 1.39. The van der Waals surface area contributed by atoms with Gasteiger partial charge in [-0.3, -0.25) is 4.79 Å². The van der Waals surface area contributed by atoms with Gasteiger partial charge in [-0.2, -0.15) is 0 Å². The van der Waals surface area contributed by atoms with E-state index in [4.69, 9.17) is 4.74 Å². The molecule has 0 heterocycles. The Labute approximate surface area is 110 Å². The van der Waals surface area contributed by atoms with Crippen LogP contribution in [0.25, 0.3) is 0 Å². The highest BCUT2D eigenvalue weighted by Gasteiger charge is 2.19. The molecule has 1 rings (SSSR count). The summed E-state index contributed by atoms with van der Waals surface area (Å²) >= 11 is 0. The van der Waals surface area contributed by atoms with Crippen molar-refractivity contribution in [3.05, 3.63) is 30.1 Å². The molecule has 1 N–H and O–H groups in total. The Morgan fingerprint density at radius 3 is 2.47 bits per heavy atom. The monoisotopic (exact) mass is 269 g/mol. The fourth-order valence-electron chi connectivity index (χ4n) is 1.39. The minimum Gasteiger partial charge on any atom is -0.484 e. The number of esters is 1. The summed E-state index contributed by atoms with van der Waals surface area (Å²) in [5.41, 5.74) is 0. The number of rotatable bonds is 6. The maximum absolute atomic E-state index is 12.6. The summed E-state index contributed by atoms with van der Waals surface area (Å²) in [6, 6.07) is 4.61. The maximum atomic E-state index is 12.6. The molecule has 0 aromatic heterocycles. The van der Waals surface area contributed by atoms with Crippen molar-refractivity contribution in [2.45, 2.75) is 19.4 Å². The SMILES string of the molecule is CCC(NC(=O)COc1ccc(F)cc1)C(=O)OC. The van der Waals surface area contributed by atoms with Crippen LogP contribution < -0.4 is 10.1 Å². The molecular weight excluding hydrogens is 253 g/mol. The average Bonchev–Trinajstić information content (AvgIpc) is 2.43. The van der Waals surface area contributed by atoms with E-state index in [9.17, 15) is 14.0 Å². The van der Waals surface area contributed by atoms with Crippen LogP contribution in [-0.2, 0) is 14.3 Å². The van der Waals surface area contributed by atoms with Crippen LogP contribution in [0.1, 0.15) is 13.3 Å². The lowest BCUT2D eigenvalue weighted by Gasteiger charge is -2.14.